The first-order chi connectivity index (χ1) is 16.1. The fourth-order valence-electron chi connectivity index (χ4n) is 3.71. The highest BCUT2D eigenvalue weighted by Gasteiger charge is 2.41. The van der Waals surface area contributed by atoms with E-state index in [1.807, 2.05) is 25.1 Å². The van der Waals surface area contributed by atoms with Gasteiger partial charge in [0.15, 0.2) is 11.5 Å². The van der Waals surface area contributed by atoms with E-state index < -0.39 is 11.8 Å². The number of anilines is 2. The lowest BCUT2D eigenvalue weighted by molar-refractivity contribution is -0.120. The maximum Gasteiger partial charge on any atom is 0.282 e. The van der Waals surface area contributed by atoms with E-state index in [9.17, 15) is 9.59 Å². The minimum atomic E-state index is -0.471. The number of carbonyl (C=O) groups excluding carboxylic acids is 2. The van der Waals surface area contributed by atoms with Crippen molar-refractivity contribution in [2.75, 3.05) is 31.0 Å². The third-order valence-electron chi connectivity index (χ3n) is 5.21. The molecule has 0 saturated carbocycles. The largest absolute Gasteiger partial charge is 0.493 e. The van der Waals surface area contributed by atoms with Gasteiger partial charge < -0.3 is 19.5 Å². The molecule has 168 valence electrons. The molecule has 4 rings (SSSR count). The molecule has 7 heteroatoms. The first kappa shape index (κ1) is 22.0. The predicted molar refractivity (Wildman–Crippen MR) is 127 cm³/mol. The Bertz CT molecular complexity index is 1220. The first-order valence-corrected chi connectivity index (χ1v) is 10.5. The van der Waals surface area contributed by atoms with Gasteiger partial charge in [0.1, 0.15) is 11.4 Å². The van der Waals surface area contributed by atoms with Crippen molar-refractivity contribution in [1.29, 1.82) is 0 Å². The quantitative estimate of drug-likeness (QED) is 0.516. The summed E-state index contributed by atoms with van der Waals surface area (Å²) in [6.07, 6.45) is 0. The number of hydrogen-bond acceptors (Lipinski definition) is 6. The number of benzene rings is 3. The van der Waals surface area contributed by atoms with E-state index in [1.54, 1.807) is 61.7 Å². The van der Waals surface area contributed by atoms with Gasteiger partial charge in [-0.3, -0.25) is 9.59 Å². The van der Waals surface area contributed by atoms with Crippen molar-refractivity contribution in [2.45, 2.75) is 6.92 Å². The number of para-hydroxylation sites is 2. The molecule has 3 aromatic rings. The number of nitrogens with one attached hydrogen (secondary N) is 1. The fraction of sp³-hybridized carbons (Fsp3) is 0.154. The molecular formula is C26H24N2O5. The van der Waals surface area contributed by atoms with E-state index in [-0.39, 0.29) is 11.3 Å². The monoisotopic (exact) mass is 444 g/mol. The Morgan fingerprint density at radius 1 is 0.788 bits per heavy atom. The molecule has 2 amide bonds. The highest BCUT2D eigenvalue weighted by molar-refractivity contribution is 6.46. The SMILES string of the molecule is CCOc1ccccc1N1C(=O)C(Nc2ccc(OC)c(OC)c2)=C(c2ccccc2)C1=O. The molecule has 0 aromatic heterocycles. The summed E-state index contributed by atoms with van der Waals surface area (Å²) in [6.45, 7) is 2.26. The van der Waals surface area contributed by atoms with Crippen LogP contribution in [0, 0.1) is 0 Å². The van der Waals surface area contributed by atoms with Crippen molar-refractivity contribution in [2.24, 2.45) is 0 Å². The van der Waals surface area contributed by atoms with Crippen LogP contribution in [0.25, 0.3) is 5.57 Å². The Labute approximate surface area is 192 Å². The number of carbonyl (C=O) groups is 2. The third-order valence-corrected chi connectivity index (χ3v) is 5.21. The van der Waals surface area contributed by atoms with Crippen LogP contribution in [-0.2, 0) is 9.59 Å². The minimum absolute atomic E-state index is 0.171. The van der Waals surface area contributed by atoms with E-state index >= 15 is 0 Å². The van der Waals surface area contributed by atoms with Crippen molar-refractivity contribution < 1.29 is 23.8 Å². The summed E-state index contributed by atoms with van der Waals surface area (Å²) < 4.78 is 16.3. The van der Waals surface area contributed by atoms with Crippen LogP contribution in [-0.4, -0.2) is 32.6 Å². The topological polar surface area (TPSA) is 77.1 Å². The summed E-state index contributed by atoms with van der Waals surface area (Å²) in [4.78, 5) is 28.4. The molecule has 1 N–H and O–H groups in total. The van der Waals surface area contributed by atoms with Gasteiger partial charge in [0.05, 0.1) is 32.1 Å². The van der Waals surface area contributed by atoms with Gasteiger partial charge in [-0.25, -0.2) is 4.90 Å². The highest BCUT2D eigenvalue weighted by atomic mass is 16.5. The average Bonchev–Trinajstić information content (AvgIpc) is 3.09. The summed E-state index contributed by atoms with van der Waals surface area (Å²) in [7, 11) is 3.08. The lowest BCUT2D eigenvalue weighted by Gasteiger charge is -2.19. The number of amides is 2. The van der Waals surface area contributed by atoms with Gasteiger partial charge in [-0.2, -0.15) is 0 Å². The van der Waals surface area contributed by atoms with Crippen molar-refractivity contribution in [3.63, 3.8) is 0 Å². The number of methoxy groups -OCH3 is 2. The standard InChI is InChI=1S/C26H24N2O5/c1-4-33-20-13-9-8-12-19(20)28-25(29)23(17-10-6-5-7-11-17)24(26(28)30)27-18-14-15-21(31-2)22(16-18)32-3/h5-16,27H,4H2,1-3H3. The van der Waals surface area contributed by atoms with E-state index in [0.29, 0.717) is 40.8 Å². The van der Waals surface area contributed by atoms with Gasteiger partial charge in [-0.1, -0.05) is 42.5 Å². The van der Waals surface area contributed by atoms with Crippen LogP contribution in [0.2, 0.25) is 0 Å². The Kier molecular flexibility index (Phi) is 6.31. The van der Waals surface area contributed by atoms with Gasteiger partial charge in [-0.15, -0.1) is 0 Å². The van der Waals surface area contributed by atoms with Crippen molar-refractivity contribution >= 4 is 28.8 Å². The molecule has 0 aliphatic carbocycles. The van der Waals surface area contributed by atoms with E-state index in [2.05, 4.69) is 5.32 Å². The van der Waals surface area contributed by atoms with E-state index in [4.69, 9.17) is 14.2 Å². The number of ether oxygens (including phenoxy) is 3. The molecular weight excluding hydrogens is 420 g/mol. The number of nitrogens with zero attached hydrogens (tertiary/aromatic N) is 1. The molecule has 1 heterocycles. The van der Waals surface area contributed by atoms with Gasteiger partial charge in [0.2, 0.25) is 0 Å². The summed E-state index contributed by atoms with van der Waals surface area (Å²) >= 11 is 0. The van der Waals surface area contributed by atoms with Gasteiger partial charge >= 0.3 is 0 Å². The van der Waals surface area contributed by atoms with Crippen LogP contribution in [0.1, 0.15) is 12.5 Å². The average molecular weight is 444 g/mol. The Hall–Kier alpha value is -4.26. The van der Waals surface area contributed by atoms with Crippen LogP contribution in [0.15, 0.2) is 78.5 Å². The molecule has 0 bridgehead atoms. The molecule has 1 aliphatic heterocycles. The summed E-state index contributed by atoms with van der Waals surface area (Å²) in [5.41, 5.74) is 2.06. The van der Waals surface area contributed by atoms with Crippen molar-refractivity contribution in [3.05, 3.63) is 84.1 Å². The molecule has 0 atom stereocenters. The zero-order valence-electron chi connectivity index (χ0n) is 18.6. The number of hydrogen-bond donors (Lipinski definition) is 1. The van der Waals surface area contributed by atoms with E-state index in [1.165, 1.54) is 7.11 Å². The third kappa shape index (κ3) is 4.13. The normalized spacial score (nSPS) is 13.4. The summed E-state index contributed by atoms with van der Waals surface area (Å²) in [6, 6.07) is 21.3. The number of rotatable bonds is 8. The molecule has 3 aromatic carbocycles. The minimum Gasteiger partial charge on any atom is -0.493 e. The van der Waals surface area contributed by atoms with Gasteiger partial charge in [-0.05, 0) is 36.8 Å². The zero-order chi connectivity index (χ0) is 23.4. The van der Waals surface area contributed by atoms with Crippen LogP contribution < -0.4 is 24.4 Å². The zero-order valence-corrected chi connectivity index (χ0v) is 18.6. The molecule has 1 aliphatic rings. The second-order valence-electron chi connectivity index (χ2n) is 7.16. The second kappa shape index (κ2) is 9.48. The Morgan fingerprint density at radius 3 is 2.18 bits per heavy atom. The molecule has 0 unspecified atom stereocenters. The maximum absolute atomic E-state index is 13.6. The highest BCUT2D eigenvalue weighted by Crippen LogP contribution is 2.38. The molecule has 0 radical (unpaired) electrons. The first-order valence-electron chi connectivity index (χ1n) is 10.5. The molecule has 0 fully saturated rings. The Morgan fingerprint density at radius 2 is 1.48 bits per heavy atom. The van der Waals surface area contributed by atoms with Gasteiger partial charge in [0.25, 0.3) is 11.8 Å². The van der Waals surface area contributed by atoms with Crippen LogP contribution in [0.4, 0.5) is 11.4 Å². The predicted octanol–water partition coefficient (Wildman–Crippen LogP) is 4.50. The van der Waals surface area contributed by atoms with Crippen LogP contribution >= 0.6 is 0 Å². The fourth-order valence-corrected chi connectivity index (χ4v) is 3.71. The number of imide groups is 1. The van der Waals surface area contributed by atoms with Crippen molar-refractivity contribution in [1.82, 2.24) is 0 Å². The van der Waals surface area contributed by atoms with Crippen LogP contribution in [0.3, 0.4) is 0 Å². The van der Waals surface area contributed by atoms with Gasteiger partial charge in [0, 0.05) is 11.8 Å². The maximum atomic E-state index is 13.6. The molecule has 33 heavy (non-hydrogen) atoms. The molecule has 7 nitrogen and oxygen atoms in total. The smallest absolute Gasteiger partial charge is 0.282 e. The molecule has 0 saturated heterocycles. The summed E-state index contributed by atoms with van der Waals surface area (Å²) in [5.74, 6) is 0.615. The van der Waals surface area contributed by atoms with Crippen molar-refractivity contribution in [3.8, 4) is 17.2 Å². The molecule has 0 spiro atoms. The lowest BCUT2D eigenvalue weighted by atomic mass is 10.0. The Balaban J connectivity index is 1.81. The second-order valence-corrected chi connectivity index (χ2v) is 7.16. The lowest BCUT2D eigenvalue weighted by Crippen LogP contribution is -2.32. The van der Waals surface area contributed by atoms with Crippen LogP contribution in [0.5, 0.6) is 17.2 Å². The van der Waals surface area contributed by atoms with E-state index in [0.717, 1.165) is 4.90 Å². The summed E-state index contributed by atoms with van der Waals surface area (Å²) in [5, 5.41) is 3.14.